The molecule has 0 aliphatic heterocycles. The van der Waals surface area contributed by atoms with Gasteiger partial charge in [-0.2, -0.15) is 13.2 Å². The molecule has 7 nitrogen and oxygen atoms in total. The van der Waals surface area contributed by atoms with Crippen molar-refractivity contribution >= 4 is 29.2 Å². The summed E-state index contributed by atoms with van der Waals surface area (Å²) in [5, 5.41) is 4.91. The summed E-state index contributed by atoms with van der Waals surface area (Å²) < 4.78 is 48.7. The van der Waals surface area contributed by atoms with Gasteiger partial charge in [0.2, 0.25) is 0 Å². The zero-order valence-corrected chi connectivity index (χ0v) is 17.5. The van der Waals surface area contributed by atoms with Crippen LogP contribution in [0.5, 0.6) is 0 Å². The Labute approximate surface area is 186 Å². The van der Waals surface area contributed by atoms with Crippen molar-refractivity contribution in [3.8, 4) is 0 Å². The molecular formula is C23H19F3N2O5. The standard InChI is InChI=1S/C23H19F3N2O5/c1-13-8-9-15(11-18(13)28-21(30)19-7-4-10-32-19)22(31)33-14(2)20(29)27-17-6-3-5-16(12-17)23(24,25)26/h3-12,14H,1-2H3,(H,27,29)(H,28,30)/t14-/m0/s1. The van der Waals surface area contributed by atoms with E-state index in [4.69, 9.17) is 9.15 Å². The van der Waals surface area contributed by atoms with Crippen LogP contribution in [0, 0.1) is 6.92 Å². The van der Waals surface area contributed by atoms with Crippen molar-refractivity contribution in [3.05, 3.63) is 83.3 Å². The third-order valence-corrected chi connectivity index (χ3v) is 4.58. The maximum absolute atomic E-state index is 12.8. The van der Waals surface area contributed by atoms with E-state index in [1.807, 2.05) is 0 Å². The number of aryl methyl sites for hydroxylation is 1. The summed E-state index contributed by atoms with van der Waals surface area (Å²) in [4.78, 5) is 37.0. The molecule has 0 radical (unpaired) electrons. The lowest BCUT2D eigenvalue weighted by Crippen LogP contribution is -2.30. The van der Waals surface area contributed by atoms with Crippen molar-refractivity contribution in [1.29, 1.82) is 0 Å². The van der Waals surface area contributed by atoms with Crippen LogP contribution in [0.25, 0.3) is 0 Å². The van der Waals surface area contributed by atoms with Crippen molar-refractivity contribution in [2.75, 3.05) is 10.6 Å². The van der Waals surface area contributed by atoms with Crippen molar-refractivity contribution in [3.63, 3.8) is 0 Å². The zero-order chi connectivity index (χ0) is 24.2. The Balaban J connectivity index is 1.65. The molecule has 3 aromatic rings. The minimum atomic E-state index is -4.56. The Morgan fingerprint density at radius 3 is 2.42 bits per heavy atom. The number of rotatable bonds is 6. The molecule has 1 atom stereocenters. The number of nitrogens with one attached hydrogen (secondary N) is 2. The van der Waals surface area contributed by atoms with Gasteiger partial charge in [-0.15, -0.1) is 0 Å². The van der Waals surface area contributed by atoms with E-state index in [2.05, 4.69) is 10.6 Å². The van der Waals surface area contributed by atoms with Crippen LogP contribution >= 0.6 is 0 Å². The fraction of sp³-hybridized carbons (Fsp3) is 0.174. The van der Waals surface area contributed by atoms with Crippen LogP contribution in [-0.2, 0) is 15.7 Å². The van der Waals surface area contributed by atoms with E-state index in [9.17, 15) is 27.6 Å². The summed E-state index contributed by atoms with van der Waals surface area (Å²) in [5.41, 5.74) is 0.0625. The van der Waals surface area contributed by atoms with Gasteiger partial charge in [-0.1, -0.05) is 12.1 Å². The highest BCUT2D eigenvalue weighted by Gasteiger charge is 2.30. The minimum absolute atomic E-state index is 0.0639. The number of amides is 2. The lowest BCUT2D eigenvalue weighted by atomic mass is 10.1. The van der Waals surface area contributed by atoms with E-state index < -0.39 is 35.6 Å². The summed E-state index contributed by atoms with van der Waals surface area (Å²) in [6, 6.07) is 11.6. The number of hydrogen-bond donors (Lipinski definition) is 2. The molecule has 0 bridgehead atoms. The SMILES string of the molecule is Cc1ccc(C(=O)O[C@@H](C)C(=O)Nc2cccc(C(F)(F)F)c2)cc1NC(=O)c1ccco1. The highest BCUT2D eigenvalue weighted by atomic mass is 19.4. The summed E-state index contributed by atoms with van der Waals surface area (Å²) in [6.45, 7) is 3.01. The summed E-state index contributed by atoms with van der Waals surface area (Å²) in [5.74, 6) is -2.08. The van der Waals surface area contributed by atoms with E-state index in [0.717, 1.165) is 18.2 Å². The van der Waals surface area contributed by atoms with Crippen LogP contribution in [0.3, 0.4) is 0 Å². The first-order valence-corrected chi connectivity index (χ1v) is 9.69. The van der Waals surface area contributed by atoms with E-state index in [1.165, 1.54) is 37.5 Å². The quantitative estimate of drug-likeness (QED) is 0.502. The topological polar surface area (TPSA) is 97.6 Å². The first-order valence-electron chi connectivity index (χ1n) is 9.69. The number of anilines is 2. The molecule has 0 aliphatic rings. The largest absolute Gasteiger partial charge is 0.459 e. The Morgan fingerprint density at radius 1 is 1.00 bits per heavy atom. The van der Waals surface area contributed by atoms with Gasteiger partial charge < -0.3 is 19.8 Å². The van der Waals surface area contributed by atoms with Crippen LogP contribution in [0.1, 0.15) is 39.0 Å². The van der Waals surface area contributed by atoms with Crippen LogP contribution in [-0.4, -0.2) is 23.9 Å². The lowest BCUT2D eigenvalue weighted by molar-refractivity contribution is -0.137. The molecule has 0 spiro atoms. The second kappa shape index (κ2) is 9.60. The molecule has 2 amide bonds. The molecule has 0 fully saturated rings. The maximum atomic E-state index is 12.8. The molecule has 10 heteroatoms. The highest BCUT2D eigenvalue weighted by molar-refractivity contribution is 6.03. The average Bonchev–Trinajstić information content (AvgIpc) is 3.30. The average molecular weight is 460 g/mol. The highest BCUT2D eigenvalue weighted by Crippen LogP contribution is 2.30. The Kier molecular flexibility index (Phi) is 6.86. The fourth-order valence-corrected chi connectivity index (χ4v) is 2.77. The molecule has 3 rings (SSSR count). The molecule has 2 aromatic carbocycles. The van der Waals surface area contributed by atoms with E-state index in [0.29, 0.717) is 11.3 Å². The first kappa shape index (κ1) is 23.6. The molecule has 0 saturated heterocycles. The van der Waals surface area contributed by atoms with Gasteiger partial charge in [0.15, 0.2) is 11.9 Å². The summed E-state index contributed by atoms with van der Waals surface area (Å²) >= 11 is 0. The minimum Gasteiger partial charge on any atom is -0.459 e. The molecule has 2 N–H and O–H groups in total. The number of carbonyl (C=O) groups excluding carboxylic acids is 3. The number of alkyl halides is 3. The first-order chi connectivity index (χ1) is 15.5. The number of ether oxygens (including phenoxy) is 1. The van der Waals surface area contributed by atoms with Crippen LogP contribution < -0.4 is 10.6 Å². The number of esters is 1. The number of halogens is 3. The van der Waals surface area contributed by atoms with Gasteiger partial charge in [0, 0.05) is 11.4 Å². The second-order valence-corrected chi connectivity index (χ2v) is 7.08. The predicted octanol–water partition coefficient (Wildman–Crippen LogP) is 5.04. The lowest BCUT2D eigenvalue weighted by Gasteiger charge is -2.15. The van der Waals surface area contributed by atoms with Gasteiger partial charge in [0.25, 0.3) is 11.8 Å². The maximum Gasteiger partial charge on any atom is 0.416 e. The van der Waals surface area contributed by atoms with Gasteiger partial charge in [0.1, 0.15) is 0 Å². The van der Waals surface area contributed by atoms with Crippen LogP contribution in [0.4, 0.5) is 24.5 Å². The second-order valence-electron chi connectivity index (χ2n) is 7.08. The van der Waals surface area contributed by atoms with Crippen molar-refractivity contribution in [2.24, 2.45) is 0 Å². The van der Waals surface area contributed by atoms with Gasteiger partial charge in [0.05, 0.1) is 17.4 Å². The number of benzene rings is 2. The smallest absolute Gasteiger partial charge is 0.416 e. The Hall–Kier alpha value is -4.08. The predicted molar refractivity (Wildman–Crippen MR) is 113 cm³/mol. The number of hydrogen-bond acceptors (Lipinski definition) is 5. The van der Waals surface area contributed by atoms with Gasteiger partial charge in [-0.3, -0.25) is 9.59 Å². The van der Waals surface area contributed by atoms with Crippen molar-refractivity contribution < 1.29 is 36.7 Å². The Bertz CT molecular complexity index is 1170. The number of carbonyl (C=O) groups is 3. The molecule has 1 aromatic heterocycles. The van der Waals surface area contributed by atoms with Crippen LogP contribution in [0.15, 0.2) is 65.3 Å². The molecule has 0 aliphatic carbocycles. The van der Waals surface area contributed by atoms with Gasteiger partial charge in [-0.05, 0) is 61.9 Å². The van der Waals surface area contributed by atoms with Gasteiger partial charge >= 0.3 is 12.1 Å². The monoisotopic (exact) mass is 460 g/mol. The van der Waals surface area contributed by atoms with E-state index in [1.54, 1.807) is 19.1 Å². The molecular weight excluding hydrogens is 441 g/mol. The van der Waals surface area contributed by atoms with Gasteiger partial charge in [-0.25, -0.2) is 4.79 Å². The molecule has 1 heterocycles. The van der Waals surface area contributed by atoms with Crippen molar-refractivity contribution in [1.82, 2.24) is 0 Å². The van der Waals surface area contributed by atoms with E-state index >= 15 is 0 Å². The molecule has 0 saturated carbocycles. The summed E-state index contributed by atoms with van der Waals surface area (Å²) in [6.07, 6.45) is -4.51. The molecule has 172 valence electrons. The van der Waals surface area contributed by atoms with Crippen LogP contribution in [0.2, 0.25) is 0 Å². The third-order valence-electron chi connectivity index (χ3n) is 4.58. The fourth-order valence-electron chi connectivity index (χ4n) is 2.77. The third kappa shape index (κ3) is 6.00. The normalized spacial score (nSPS) is 12.0. The van der Waals surface area contributed by atoms with Crippen molar-refractivity contribution in [2.45, 2.75) is 26.1 Å². The number of furan rings is 1. The van der Waals surface area contributed by atoms with E-state index in [-0.39, 0.29) is 17.0 Å². The summed E-state index contributed by atoms with van der Waals surface area (Å²) in [7, 11) is 0. The Morgan fingerprint density at radius 2 is 1.76 bits per heavy atom. The molecule has 33 heavy (non-hydrogen) atoms. The zero-order valence-electron chi connectivity index (χ0n) is 17.5. The molecule has 0 unspecified atom stereocenters.